The third-order valence-electron chi connectivity index (χ3n) is 3.21. The smallest absolute Gasteiger partial charge is 0.407 e. The summed E-state index contributed by atoms with van der Waals surface area (Å²) >= 11 is 0. The Bertz CT molecular complexity index is 567. The minimum Gasteiger partial charge on any atom is -0.445 e. The van der Waals surface area contributed by atoms with Gasteiger partial charge in [-0.1, -0.05) is 37.3 Å². The van der Waals surface area contributed by atoms with Gasteiger partial charge in [0.25, 0.3) is 0 Å². The van der Waals surface area contributed by atoms with E-state index in [4.69, 9.17) is 4.74 Å². The van der Waals surface area contributed by atoms with Crippen LogP contribution in [0.25, 0.3) is 0 Å². The van der Waals surface area contributed by atoms with Crippen molar-refractivity contribution in [1.82, 2.24) is 5.32 Å². The standard InChI is InChI=1S/C16H25NO4S/c1-4-11-22(19,20)12-10-16(2,3)17-15(18)21-13-14-8-6-5-7-9-14/h5-9H,4,10-13H2,1-3H3,(H,17,18). The average molecular weight is 327 g/mol. The van der Waals surface area contributed by atoms with Crippen molar-refractivity contribution < 1.29 is 17.9 Å². The van der Waals surface area contributed by atoms with E-state index in [1.54, 1.807) is 13.8 Å². The average Bonchev–Trinajstić information content (AvgIpc) is 2.44. The molecule has 1 rings (SSSR count). The zero-order valence-corrected chi connectivity index (χ0v) is 14.3. The van der Waals surface area contributed by atoms with E-state index in [0.717, 1.165) is 5.56 Å². The van der Waals surface area contributed by atoms with Crippen molar-refractivity contribution in [2.45, 2.75) is 45.8 Å². The molecule has 5 nitrogen and oxygen atoms in total. The maximum absolute atomic E-state index is 11.8. The Kier molecular flexibility index (Phi) is 6.87. The highest BCUT2D eigenvalue weighted by Gasteiger charge is 2.24. The predicted molar refractivity (Wildman–Crippen MR) is 87.4 cm³/mol. The number of hydrogen-bond acceptors (Lipinski definition) is 4. The Morgan fingerprint density at radius 1 is 1.18 bits per heavy atom. The minimum atomic E-state index is -3.05. The molecule has 0 aliphatic carbocycles. The molecule has 0 bridgehead atoms. The first-order valence-electron chi connectivity index (χ1n) is 7.43. The number of carbonyl (C=O) groups is 1. The summed E-state index contributed by atoms with van der Waals surface area (Å²) in [4.78, 5) is 11.8. The summed E-state index contributed by atoms with van der Waals surface area (Å²) in [6.07, 6.45) is 0.423. The molecule has 1 amide bonds. The van der Waals surface area contributed by atoms with Gasteiger partial charge in [0.05, 0.1) is 5.75 Å². The molecule has 1 aromatic carbocycles. The molecule has 0 saturated heterocycles. The topological polar surface area (TPSA) is 72.5 Å². The van der Waals surface area contributed by atoms with Crippen molar-refractivity contribution in [3.63, 3.8) is 0 Å². The van der Waals surface area contributed by atoms with Crippen LogP contribution in [0.3, 0.4) is 0 Å². The molecule has 0 radical (unpaired) electrons. The van der Waals surface area contributed by atoms with Gasteiger partial charge in [0, 0.05) is 11.3 Å². The van der Waals surface area contributed by atoms with Crippen molar-refractivity contribution in [3.8, 4) is 0 Å². The number of nitrogens with one attached hydrogen (secondary N) is 1. The van der Waals surface area contributed by atoms with Gasteiger partial charge in [-0.15, -0.1) is 0 Å². The molecule has 6 heteroatoms. The highest BCUT2D eigenvalue weighted by molar-refractivity contribution is 7.91. The number of benzene rings is 1. The SMILES string of the molecule is CCCS(=O)(=O)CCC(C)(C)NC(=O)OCc1ccccc1. The first-order valence-corrected chi connectivity index (χ1v) is 9.25. The van der Waals surface area contributed by atoms with Crippen LogP contribution in [-0.4, -0.2) is 31.6 Å². The number of sulfone groups is 1. The molecular weight excluding hydrogens is 302 g/mol. The van der Waals surface area contributed by atoms with Gasteiger partial charge in [-0.25, -0.2) is 13.2 Å². The molecule has 0 unspecified atom stereocenters. The van der Waals surface area contributed by atoms with E-state index in [2.05, 4.69) is 5.32 Å². The van der Waals surface area contributed by atoms with Crippen LogP contribution in [0, 0.1) is 0 Å². The predicted octanol–water partition coefficient (Wildman–Crippen LogP) is 2.91. The Morgan fingerprint density at radius 3 is 2.41 bits per heavy atom. The maximum atomic E-state index is 11.8. The molecule has 0 fully saturated rings. The first kappa shape index (κ1) is 18.5. The molecular formula is C16H25NO4S. The number of hydrogen-bond donors (Lipinski definition) is 1. The van der Waals surface area contributed by atoms with E-state index < -0.39 is 21.5 Å². The number of alkyl carbamates (subject to hydrolysis) is 1. The fourth-order valence-electron chi connectivity index (χ4n) is 1.92. The molecule has 22 heavy (non-hydrogen) atoms. The summed E-state index contributed by atoms with van der Waals surface area (Å²) in [5.74, 6) is 0.244. The van der Waals surface area contributed by atoms with Crippen molar-refractivity contribution in [3.05, 3.63) is 35.9 Å². The van der Waals surface area contributed by atoms with Crippen LogP contribution < -0.4 is 5.32 Å². The van der Waals surface area contributed by atoms with E-state index in [0.29, 0.717) is 12.8 Å². The highest BCUT2D eigenvalue weighted by atomic mass is 32.2. The molecule has 0 aliphatic heterocycles. The summed E-state index contributed by atoms with van der Waals surface area (Å²) in [5, 5.41) is 2.72. The third-order valence-corrected chi connectivity index (χ3v) is 5.06. The van der Waals surface area contributed by atoms with Crippen molar-refractivity contribution in [1.29, 1.82) is 0 Å². The molecule has 1 N–H and O–H groups in total. The second kappa shape index (κ2) is 8.17. The van der Waals surface area contributed by atoms with Crippen LogP contribution >= 0.6 is 0 Å². The normalized spacial score (nSPS) is 12.0. The van der Waals surface area contributed by atoms with Gasteiger partial charge in [-0.2, -0.15) is 0 Å². The van der Waals surface area contributed by atoms with Crippen molar-refractivity contribution in [2.24, 2.45) is 0 Å². The van der Waals surface area contributed by atoms with Gasteiger partial charge in [-0.05, 0) is 32.3 Å². The van der Waals surface area contributed by atoms with Gasteiger partial charge in [0.2, 0.25) is 0 Å². The molecule has 0 heterocycles. The van der Waals surface area contributed by atoms with E-state index in [1.165, 1.54) is 0 Å². The molecule has 0 saturated carbocycles. The summed E-state index contributed by atoms with van der Waals surface area (Å²) in [6, 6.07) is 9.38. The van der Waals surface area contributed by atoms with Crippen LogP contribution in [0.5, 0.6) is 0 Å². The first-order chi connectivity index (χ1) is 10.2. The fraction of sp³-hybridized carbons (Fsp3) is 0.562. The minimum absolute atomic E-state index is 0.0623. The van der Waals surface area contributed by atoms with E-state index in [9.17, 15) is 13.2 Å². The van der Waals surface area contributed by atoms with E-state index in [-0.39, 0.29) is 18.1 Å². The Hall–Kier alpha value is -1.56. The van der Waals surface area contributed by atoms with Gasteiger partial charge in [-0.3, -0.25) is 0 Å². The summed E-state index contributed by atoms with van der Waals surface area (Å²) in [7, 11) is -3.05. The van der Waals surface area contributed by atoms with E-state index >= 15 is 0 Å². The Labute approximate surface area is 133 Å². The highest BCUT2D eigenvalue weighted by Crippen LogP contribution is 2.12. The lowest BCUT2D eigenvalue weighted by Crippen LogP contribution is -2.44. The molecule has 0 aromatic heterocycles. The van der Waals surface area contributed by atoms with Gasteiger partial charge < -0.3 is 10.1 Å². The lowest BCUT2D eigenvalue weighted by atomic mass is 10.0. The van der Waals surface area contributed by atoms with Crippen LogP contribution in [0.1, 0.15) is 39.2 Å². The zero-order chi connectivity index (χ0) is 16.6. The van der Waals surface area contributed by atoms with E-state index in [1.807, 2.05) is 37.3 Å². The fourth-order valence-corrected chi connectivity index (χ4v) is 3.57. The number of amides is 1. The molecule has 124 valence electrons. The van der Waals surface area contributed by atoms with Crippen LogP contribution in [0.2, 0.25) is 0 Å². The summed E-state index contributed by atoms with van der Waals surface area (Å²) in [5.41, 5.74) is 0.273. The van der Waals surface area contributed by atoms with Crippen LogP contribution in [0.15, 0.2) is 30.3 Å². The zero-order valence-electron chi connectivity index (χ0n) is 13.5. The number of ether oxygens (including phenoxy) is 1. The van der Waals surface area contributed by atoms with Crippen molar-refractivity contribution >= 4 is 15.9 Å². The molecule has 0 atom stereocenters. The second-order valence-electron chi connectivity index (χ2n) is 5.97. The Balaban J connectivity index is 2.41. The van der Waals surface area contributed by atoms with Gasteiger partial charge >= 0.3 is 6.09 Å². The summed E-state index contributed by atoms with van der Waals surface area (Å²) in [6.45, 7) is 5.61. The largest absolute Gasteiger partial charge is 0.445 e. The lowest BCUT2D eigenvalue weighted by Gasteiger charge is -2.25. The summed E-state index contributed by atoms with van der Waals surface area (Å²) < 4.78 is 28.6. The maximum Gasteiger partial charge on any atom is 0.407 e. The van der Waals surface area contributed by atoms with Gasteiger partial charge in [0.1, 0.15) is 16.4 Å². The molecule has 0 aliphatic rings. The quantitative estimate of drug-likeness (QED) is 0.797. The van der Waals surface area contributed by atoms with Gasteiger partial charge in [0.15, 0.2) is 0 Å². The van der Waals surface area contributed by atoms with Crippen LogP contribution in [0.4, 0.5) is 4.79 Å². The second-order valence-corrected chi connectivity index (χ2v) is 8.28. The van der Waals surface area contributed by atoms with Crippen LogP contribution in [-0.2, 0) is 21.2 Å². The monoisotopic (exact) mass is 327 g/mol. The molecule has 1 aromatic rings. The number of carbonyl (C=O) groups excluding carboxylic acids is 1. The lowest BCUT2D eigenvalue weighted by molar-refractivity contribution is 0.129. The number of rotatable bonds is 8. The molecule has 0 spiro atoms. The third kappa shape index (κ3) is 7.45. The van der Waals surface area contributed by atoms with Crippen molar-refractivity contribution in [2.75, 3.05) is 11.5 Å². The Morgan fingerprint density at radius 2 is 1.82 bits per heavy atom.